The third-order valence-electron chi connectivity index (χ3n) is 4.68. The Balaban J connectivity index is 1.56. The fourth-order valence-corrected chi connectivity index (χ4v) is 3.31. The van der Waals surface area contributed by atoms with E-state index in [9.17, 15) is 4.79 Å². The highest BCUT2D eigenvalue weighted by Gasteiger charge is 2.32. The van der Waals surface area contributed by atoms with E-state index >= 15 is 0 Å². The van der Waals surface area contributed by atoms with Gasteiger partial charge in [-0.2, -0.15) is 0 Å². The van der Waals surface area contributed by atoms with Crippen LogP contribution in [0.1, 0.15) is 24.1 Å². The third kappa shape index (κ3) is 4.20. The maximum atomic E-state index is 12.8. The summed E-state index contributed by atoms with van der Waals surface area (Å²) < 4.78 is 0. The molecule has 126 valence electrons. The maximum Gasteiger partial charge on any atom is 0.239 e. The summed E-state index contributed by atoms with van der Waals surface area (Å²) >= 11 is 0. The predicted molar refractivity (Wildman–Crippen MR) is 95.5 cm³/mol. The lowest BCUT2D eigenvalue weighted by molar-refractivity contribution is -0.134. The molecule has 4 heteroatoms. The molecule has 1 atom stereocenters. The quantitative estimate of drug-likeness (QED) is 0.820. The first kappa shape index (κ1) is 16.7. The minimum atomic E-state index is 0.0129. The molecule has 1 saturated heterocycles. The van der Waals surface area contributed by atoms with E-state index in [2.05, 4.69) is 34.1 Å². The van der Waals surface area contributed by atoms with Crippen LogP contribution in [0.15, 0.2) is 54.7 Å². The zero-order valence-electron chi connectivity index (χ0n) is 14.3. The summed E-state index contributed by atoms with van der Waals surface area (Å²) in [7, 11) is 1.91. The van der Waals surface area contributed by atoms with Gasteiger partial charge in [-0.15, -0.1) is 0 Å². The van der Waals surface area contributed by atoms with Gasteiger partial charge in [0.1, 0.15) is 0 Å². The van der Waals surface area contributed by atoms with Gasteiger partial charge in [-0.05, 0) is 37.1 Å². The van der Waals surface area contributed by atoms with Crippen molar-refractivity contribution in [3.8, 4) is 0 Å². The van der Waals surface area contributed by atoms with Crippen molar-refractivity contribution >= 4 is 5.91 Å². The Labute approximate surface area is 144 Å². The number of hydrogen-bond donors (Lipinski definition) is 0. The molecule has 1 aliphatic rings. The summed E-state index contributed by atoms with van der Waals surface area (Å²) in [6.45, 7) is 2.57. The topological polar surface area (TPSA) is 36.4 Å². The van der Waals surface area contributed by atoms with Crippen molar-refractivity contribution in [3.05, 3.63) is 66.0 Å². The van der Waals surface area contributed by atoms with Gasteiger partial charge < -0.3 is 4.90 Å². The largest absolute Gasteiger partial charge is 0.344 e. The molecule has 3 rings (SSSR count). The molecular weight excluding hydrogens is 298 g/mol. The van der Waals surface area contributed by atoms with Crippen molar-refractivity contribution in [1.82, 2.24) is 14.8 Å². The second-order valence-electron chi connectivity index (χ2n) is 6.44. The van der Waals surface area contributed by atoms with Gasteiger partial charge in [0.15, 0.2) is 0 Å². The Morgan fingerprint density at radius 3 is 2.75 bits per heavy atom. The molecule has 2 aromatic rings. The average molecular weight is 323 g/mol. The zero-order valence-corrected chi connectivity index (χ0v) is 14.3. The molecule has 1 amide bonds. The lowest BCUT2D eigenvalue weighted by Gasteiger charge is -2.28. The molecule has 2 heterocycles. The van der Waals surface area contributed by atoms with Crippen LogP contribution in [0.5, 0.6) is 0 Å². The fraction of sp³-hybridized carbons (Fsp3) is 0.400. The standard InChI is InChI=1S/C20H25N3O/c1-22(15-12-18-10-5-6-13-21-18)20(24)19-11-7-14-23(19)16-17-8-3-2-4-9-17/h2-6,8-10,13,19H,7,11-12,14-16H2,1H3. The highest BCUT2D eigenvalue weighted by molar-refractivity contribution is 5.82. The van der Waals surface area contributed by atoms with Crippen LogP contribution in [0, 0.1) is 0 Å². The Hall–Kier alpha value is -2.20. The van der Waals surface area contributed by atoms with Crippen molar-refractivity contribution in [3.63, 3.8) is 0 Å². The van der Waals surface area contributed by atoms with E-state index in [0.29, 0.717) is 6.54 Å². The molecule has 1 aromatic carbocycles. The highest BCUT2D eigenvalue weighted by atomic mass is 16.2. The van der Waals surface area contributed by atoms with Crippen molar-refractivity contribution in [2.45, 2.75) is 31.8 Å². The Morgan fingerprint density at radius 2 is 2.00 bits per heavy atom. The van der Waals surface area contributed by atoms with Gasteiger partial charge in [0.05, 0.1) is 6.04 Å². The van der Waals surface area contributed by atoms with Gasteiger partial charge in [-0.25, -0.2) is 0 Å². The summed E-state index contributed by atoms with van der Waals surface area (Å²) in [6.07, 6.45) is 4.65. The van der Waals surface area contributed by atoms with E-state index in [1.165, 1.54) is 5.56 Å². The number of rotatable bonds is 6. The number of hydrogen-bond acceptors (Lipinski definition) is 3. The molecule has 0 aliphatic carbocycles. The number of amides is 1. The van der Waals surface area contributed by atoms with Crippen LogP contribution < -0.4 is 0 Å². The third-order valence-corrected chi connectivity index (χ3v) is 4.68. The van der Waals surface area contributed by atoms with E-state index < -0.39 is 0 Å². The number of nitrogens with zero attached hydrogens (tertiary/aromatic N) is 3. The molecule has 24 heavy (non-hydrogen) atoms. The van der Waals surface area contributed by atoms with Gasteiger partial charge in [-0.1, -0.05) is 36.4 Å². The number of pyridine rings is 1. The molecule has 0 bridgehead atoms. The summed E-state index contributed by atoms with van der Waals surface area (Å²) in [5.41, 5.74) is 2.30. The molecular formula is C20H25N3O. The van der Waals surface area contributed by atoms with Crippen molar-refractivity contribution in [1.29, 1.82) is 0 Å². The second-order valence-corrected chi connectivity index (χ2v) is 6.44. The average Bonchev–Trinajstić information content (AvgIpc) is 3.09. The molecule has 0 radical (unpaired) electrons. The first-order chi connectivity index (χ1) is 11.7. The van der Waals surface area contributed by atoms with Crippen molar-refractivity contribution in [2.75, 3.05) is 20.1 Å². The van der Waals surface area contributed by atoms with Crippen LogP contribution in [0.25, 0.3) is 0 Å². The second kappa shape index (κ2) is 8.06. The molecule has 1 fully saturated rings. The Morgan fingerprint density at radius 1 is 1.21 bits per heavy atom. The number of likely N-dealkylation sites (N-methyl/N-ethyl adjacent to an activating group) is 1. The van der Waals surface area contributed by atoms with Gasteiger partial charge in [-0.3, -0.25) is 14.7 Å². The van der Waals surface area contributed by atoms with Crippen LogP contribution >= 0.6 is 0 Å². The first-order valence-corrected chi connectivity index (χ1v) is 8.67. The van der Waals surface area contributed by atoms with E-state index in [-0.39, 0.29) is 11.9 Å². The van der Waals surface area contributed by atoms with Gasteiger partial charge in [0.2, 0.25) is 5.91 Å². The predicted octanol–water partition coefficient (Wildman–Crippen LogP) is 2.75. The molecule has 1 aromatic heterocycles. The molecule has 0 saturated carbocycles. The molecule has 0 N–H and O–H groups in total. The Bertz CT molecular complexity index is 644. The van der Waals surface area contributed by atoms with Crippen molar-refractivity contribution < 1.29 is 4.79 Å². The number of aromatic nitrogens is 1. The van der Waals surface area contributed by atoms with E-state index in [1.54, 1.807) is 6.20 Å². The molecule has 0 spiro atoms. The number of carbonyl (C=O) groups is 1. The SMILES string of the molecule is CN(CCc1ccccn1)C(=O)C1CCCN1Cc1ccccc1. The number of benzene rings is 1. The highest BCUT2D eigenvalue weighted by Crippen LogP contribution is 2.21. The van der Waals surface area contributed by atoms with Crippen LogP contribution in [0.2, 0.25) is 0 Å². The van der Waals surface area contributed by atoms with Gasteiger partial charge in [0.25, 0.3) is 0 Å². The van der Waals surface area contributed by atoms with Crippen LogP contribution in [-0.2, 0) is 17.8 Å². The van der Waals surface area contributed by atoms with Crippen LogP contribution in [-0.4, -0.2) is 46.9 Å². The molecule has 4 nitrogen and oxygen atoms in total. The minimum Gasteiger partial charge on any atom is -0.344 e. The maximum absolute atomic E-state index is 12.8. The van der Waals surface area contributed by atoms with E-state index in [0.717, 1.165) is 38.0 Å². The van der Waals surface area contributed by atoms with Gasteiger partial charge in [0, 0.05) is 38.4 Å². The lowest BCUT2D eigenvalue weighted by atomic mass is 10.1. The summed E-state index contributed by atoms with van der Waals surface area (Å²) in [5, 5.41) is 0. The zero-order chi connectivity index (χ0) is 16.8. The molecule has 1 aliphatic heterocycles. The first-order valence-electron chi connectivity index (χ1n) is 8.67. The van der Waals surface area contributed by atoms with E-state index in [4.69, 9.17) is 0 Å². The van der Waals surface area contributed by atoms with Crippen molar-refractivity contribution in [2.24, 2.45) is 0 Å². The minimum absolute atomic E-state index is 0.0129. The summed E-state index contributed by atoms with van der Waals surface area (Å²) in [6, 6.07) is 16.3. The molecule has 1 unspecified atom stereocenters. The van der Waals surface area contributed by atoms with Crippen LogP contribution in [0.4, 0.5) is 0 Å². The fourth-order valence-electron chi connectivity index (χ4n) is 3.31. The van der Waals surface area contributed by atoms with Crippen LogP contribution in [0.3, 0.4) is 0 Å². The Kier molecular flexibility index (Phi) is 5.59. The monoisotopic (exact) mass is 323 g/mol. The number of likely N-dealkylation sites (tertiary alicyclic amines) is 1. The number of carbonyl (C=O) groups excluding carboxylic acids is 1. The summed E-state index contributed by atoms with van der Waals surface area (Å²) in [4.78, 5) is 21.3. The summed E-state index contributed by atoms with van der Waals surface area (Å²) in [5.74, 6) is 0.236. The lowest BCUT2D eigenvalue weighted by Crippen LogP contribution is -2.44. The van der Waals surface area contributed by atoms with Gasteiger partial charge >= 0.3 is 0 Å². The normalized spacial score (nSPS) is 17.8. The smallest absolute Gasteiger partial charge is 0.239 e. The van der Waals surface area contributed by atoms with E-state index in [1.807, 2.05) is 36.2 Å².